The number of carbonyl (C=O) groups excluding carboxylic acids is 2. The minimum absolute atomic E-state index is 0.0295. The normalized spacial score (nSPS) is 17.4. The predicted molar refractivity (Wildman–Crippen MR) is 133 cm³/mol. The number of piperidine rings is 1. The maximum atomic E-state index is 13.4. The number of carboxylic acids is 1. The molecule has 7 heteroatoms. The van der Waals surface area contributed by atoms with E-state index in [0.29, 0.717) is 32.2 Å². The van der Waals surface area contributed by atoms with Crippen LogP contribution in [-0.2, 0) is 14.3 Å². The van der Waals surface area contributed by atoms with Crippen molar-refractivity contribution in [3.05, 3.63) is 59.7 Å². The Bertz CT molecular complexity index is 1050. The van der Waals surface area contributed by atoms with Gasteiger partial charge in [-0.3, -0.25) is 9.59 Å². The van der Waals surface area contributed by atoms with E-state index in [0.717, 1.165) is 11.1 Å². The van der Waals surface area contributed by atoms with Gasteiger partial charge in [0.1, 0.15) is 6.61 Å². The average molecular weight is 479 g/mol. The van der Waals surface area contributed by atoms with E-state index in [4.69, 9.17) is 4.74 Å². The van der Waals surface area contributed by atoms with Gasteiger partial charge >= 0.3 is 12.1 Å². The van der Waals surface area contributed by atoms with E-state index in [-0.39, 0.29) is 31.5 Å². The SMILES string of the molecule is CCC(CC)(CNC(=O)OCC1c2ccccc2-c2ccccc21)C(=O)N1CCCC(C(=O)O)C1. The standard InChI is InChI=1S/C28H34N2O5/c1-3-28(4-2,26(33)30-15-9-10-19(16-30)25(31)32)18-29-27(34)35-17-24-22-13-7-5-11-20(22)21-12-6-8-14-23(21)24/h5-8,11-14,19,24H,3-4,9-10,15-18H2,1-2H3,(H,29,34)(H,31,32). The van der Waals surface area contributed by atoms with Gasteiger partial charge in [0.2, 0.25) is 5.91 Å². The number of hydrogen-bond donors (Lipinski definition) is 2. The largest absolute Gasteiger partial charge is 0.481 e. The van der Waals surface area contributed by atoms with Gasteiger partial charge in [-0.2, -0.15) is 0 Å². The Hall–Kier alpha value is -3.35. The second-order valence-corrected chi connectivity index (χ2v) is 9.60. The molecule has 1 aliphatic heterocycles. The van der Waals surface area contributed by atoms with E-state index in [1.54, 1.807) is 4.90 Å². The summed E-state index contributed by atoms with van der Waals surface area (Å²) in [6.07, 6.45) is 1.79. The van der Waals surface area contributed by atoms with Gasteiger partial charge in [-0.15, -0.1) is 0 Å². The molecule has 2 N–H and O–H groups in total. The fourth-order valence-electron chi connectivity index (χ4n) is 5.47. The lowest BCUT2D eigenvalue weighted by atomic mass is 9.80. The van der Waals surface area contributed by atoms with Crippen LogP contribution in [-0.4, -0.2) is 54.2 Å². The molecule has 186 valence electrons. The minimum atomic E-state index is -0.863. The Kier molecular flexibility index (Phi) is 7.43. The molecule has 2 amide bonds. The van der Waals surface area contributed by atoms with Crippen molar-refractivity contribution in [1.82, 2.24) is 10.2 Å². The lowest BCUT2D eigenvalue weighted by Crippen LogP contribution is -2.53. The molecule has 2 aromatic carbocycles. The zero-order valence-electron chi connectivity index (χ0n) is 20.5. The van der Waals surface area contributed by atoms with Crippen LogP contribution in [0.5, 0.6) is 0 Å². The summed E-state index contributed by atoms with van der Waals surface area (Å²) in [5.41, 5.74) is 3.84. The van der Waals surface area contributed by atoms with Crippen LogP contribution in [0.15, 0.2) is 48.5 Å². The molecule has 1 heterocycles. The van der Waals surface area contributed by atoms with Crippen molar-refractivity contribution in [1.29, 1.82) is 0 Å². The Morgan fingerprint density at radius 1 is 1.03 bits per heavy atom. The molecule has 0 spiro atoms. The maximum Gasteiger partial charge on any atom is 0.407 e. The quantitative estimate of drug-likeness (QED) is 0.576. The molecule has 1 unspecified atom stereocenters. The van der Waals surface area contributed by atoms with Crippen molar-refractivity contribution in [2.75, 3.05) is 26.2 Å². The third-order valence-electron chi connectivity index (χ3n) is 7.78. The van der Waals surface area contributed by atoms with E-state index in [2.05, 4.69) is 29.6 Å². The third-order valence-corrected chi connectivity index (χ3v) is 7.78. The smallest absolute Gasteiger partial charge is 0.407 e. The molecule has 1 atom stereocenters. The number of hydrogen-bond acceptors (Lipinski definition) is 4. The predicted octanol–water partition coefficient (Wildman–Crippen LogP) is 4.65. The molecule has 0 saturated carbocycles. The molecule has 7 nitrogen and oxygen atoms in total. The van der Waals surface area contributed by atoms with Crippen LogP contribution in [0.4, 0.5) is 4.79 Å². The second kappa shape index (κ2) is 10.5. The summed E-state index contributed by atoms with van der Waals surface area (Å²) in [6.45, 7) is 5.00. The van der Waals surface area contributed by atoms with Gasteiger partial charge in [0, 0.05) is 25.6 Å². The molecule has 2 aromatic rings. The number of ether oxygens (including phenoxy) is 1. The number of nitrogens with one attached hydrogen (secondary N) is 1. The van der Waals surface area contributed by atoms with Crippen LogP contribution in [0.25, 0.3) is 11.1 Å². The average Bonchev–Trinajstić information content (AvgIpc) is 3.22. The summed E-state index contributed by atoms with van der Waals surface area (Å²) >= 11 is 0. The molecular formula is C28H34N2O5. The fraction of sp³-hybridized carbons (Fsp3) is 0.464. The van der Waals surface area contributed by atoms with Crippen LogP contribution < -0.4 is 5.32 Å². The maximum absolute atomic E-state index is 13.4. The van der Waals surface area contributed by atoms with E-state index >= 15 is 0 Å². The monoisotopic (exact) mass is 478 g/mol. The first-order valence-electron chi connectivity index (χ1n) is 12.5. The molecule has 4 rings (SSSR count). The van der Waals surface area contributed by atoms with Crippen LogP contribution in [0.1, 0.15) is 56.6 Å². The number of alkyl carbamates (subject to hydrolysis) is 1. The molecular weight excluding hydrogens is 444 g/mol. The van der Waals surface area contributed by atoms with Crippen molar-refractivity contribution in [2.24, 2.45) is 11.3 Å². The first-order valence-corrected chi connectivity index (χ1v) is 12.5. The number of amides is 2. The molecule has 0 bridgehead atoms. The molecule has 2 aliphatic rings. The molecule has 0 aromatic heterocycles. The van der Waals surface area contributed by atoms with Gasteiger partial charge in [0.05, 0.1) is 11.3 Å². The van der Waals surface area contributed by atoms with Crippen molar-refractivity contribution in [3.63, 3.8) is 0 Å². The highest BCUT2D eigenvalue weighted by Gasteiger charge is 2.41. The number of rotatable bonds is 8. The number of carbonyl (C=O) groups is 3. The summed E-state index contributed by atoms with van der Waals surface area (Å²) in [5.74, 6) is -1.52. The summed E-state index contributed by atoms with van der Waals surface area (Å²) < 4.78 is 5.65. The number of aliphatic carboxylic acids is 1. The van der Waals surface area contributed by atoms with Crippen molar-refractivity contribution < 1.29 is 24.2 Å². The van der Waals surface area contributed by atoms with Crippen LogP contribution in [0.3, 0.4) is 0 Å². The van der Waals surface area contributed by atoms with Gasteiger partial charge in [-0.05, 0) is 47.9 Å². The number of nitrogens with zero attached hydrogens (tertiary/aromatic N) is 1. The highest BCUT2D eigenvalue weighted by molar-refractivity contribution is 5.84. The molecule has 1 aliphatic carbocycles. The van der Waals surface area contributed by atoms with Crippen molar-refractivity contribution >= 4 is 18.0 Å². The minimum Gasteiger partial charge on any atom is -0.481 e. The lowest BCUT2D eigenvalue weighted by Gasteiger charge is -2.39. The topological polar surface area (TPSA) is 95.9 Å². The van der Waals surface area contributed by atoms with E-state index in [9.17, 15) is 19.5 Å². The molecule has 1 fully saturated rings. The van der Waals surface area contributed by atoms with Gasteiger partial charge in [0.15, 0.2) is 0 Å². The van der Waals surface area contributed by atoms with E-state index in [1.807, 2.05) is 38.1 Å². The summed E-state index contributed by atoms with van der Waals surface area (Å²) in [7, 11) is 0. The Morgan fingerprint density at radius 3 is 2.20 bits per heavy atom. The summed E-state index contributed by atoms with van der Waals surface area (Å²) in [5, 5.41) is 12.2. The van der Waals surface area contributed by atoms with Crippen LogP contribution in [0, 0.1) is 11.3 Å². The summed E-state index contributed by atoms with van der Waals surface area (Å²) in [4.78, 5) is 39.3. The number of benzene rings is 2. The van der Waals surface area contributed by atoms with Gasteiger partial charge in [0.25, 0.3) is 0 Å². The molecule has 35 heavy (non-hydrogen) atoms. The zero-order chi connectivity index (χ0) is 25.0. The van der Waals surface area contributed by atoms with Crippen LogP contribution in [0.2, 0.25) is 0 Å². The third kappa shape index (κ3) is 4.90. The van der Waals surface area contributed by atoms with E-state index < -0.39 is 23.4 Å². The number of likely N-dealkylation sites (tertiary alicyclic amines) is 1. The number of fused-ring (bicyclic) bond motifs is 3. The van der Waals surface area contributed by atoms with Crippen molar-refractivity contribution in [3.8, 4) is 11.1 Å². The Labute approximate surface area is 206 Å². The Balaban J connectivity index is 1.39. The molecule has 1 saturated heterocycles. The van der Waals surface area contributed by atoms with Gasteiger partial charge in [-0.1, -0.05) is 62.4 Å². The van der Waals surface area contributed by atoms with Gasteiger partial charge in [-0.25, -0.2) is 4.79 Å². The second-order valence-electron chi connectivity index (χ2n) is 9.60. The highest BCUT2D eigenvalue weighted by atomic mass is 16.5. The van der Waals surface area contributed by atoms with Crippen LogP contribution >= 0.6 is 0 Å². The fourth-order valence-corrected chi connectivity index (χ4v) is 5.47. The molecule has 0 radical (unpaired) electrons. The van der Waals surface area contributed by atoms with Crippen molar-refractivity contribution in [2.45, 2.75) is 45.4 Å². The highest BCUT2D eigenvalue weighted by Crippen LogP contribution is 2.44. The first-order chi connectivity index (χ1) is 16.9. The lowest BCUT2D eigenvalue weighted by molar-refractivity contribution is -0.149. The van der Waals surface area contributed by atoms with E-state index in [1.165, 1.54) is 11.1 Å². The zero-order valence-corrected chi connectivity index (χ0v) is 20.5. The summed E-state index contributed by atoms with van der Waals surface area (Å²) in [6, 6.07) is 16.3. The Morgan fingerprint density at radius 2 is 1.63 bits per heavy atom. The van der Waals surface area contributed by atoms with Gasteiger partial charge < -0.3 is 20.1 Å². The number of carboxylic acid groups (broad SMARTS) is 1. The first kappa shape index (κ1) is 24.8.